The average molecular weight is 383 g/mol. The maximum Gasteiger partial charge on any atom is 0.306 e. The number of aryl methyl sites for hydroxylation is 2. The molecule has 2 heterocycles. The summed E-state index contributed by atoms with van der Waals surface area (Å²) in [5.41, 5.74) is 7.61. The summed E-state index contributed by atoms with van der Waals surface area (Å²) in [7, 11) is 3.56. The van der Waals surface area contributed by atoms with Crippen LogP contribution in [0.5, 0.6) is 0 Å². The second-order valence-electron chi connectivity index (χ2n) is 6.33. The van der Waals surface area contributed by atoms with Crippen LogP contribution in [0.3, 0.4) is 0 Å². The molecular weight excluding hydrogens is 362 g/mol. The Morgan fingerprint density at radius 1 is 1.14 bits per heavy atom. The summed E-state index contributed by atoms with van der Waals surface area (Å²) in [6.07, 6.45) is 0.372. The van der Waals surface area contributed by atoms with Crippen molar-refractivity contribution in [2.75, 3.05) is 24.7 Å². The van der Waals surface area contributed by atoms with Gasteiger partial charge in [0.15, 0.2) is 12.4 Å². The van der Waals surface area contributed by atoms with Gasteiger partial charge in [-0.05, 0) is 19.1 Å². The monoisotopic (exact) mass is 383 g/mol. The molecule has 2 aromatic heterocycles. The number of carbonyl (C=O) groups is 1. The molecule has 0 aliphatic carbocycles. The first kappa shape index (κ1) is 19.2. The zero-order valence-electron chi connectivity index (χ0n) is 15.9. The Morgan fingerprint density at radius 3 is 2.61 bits per heavy atom. The molecular formula is C18H21N7O3. The largest absolute Gasteiger partial charge is 0.457 e. The highest BCUT2D eigenvalue weighted by Crippen LogP contribution is 2.18. The van der Waals surface area contributed by atoms with Crippen molar-refractivity contribution in [2.45, 2.75) is 26.4 Å². The van der Waals surface area contributed by atoms with Gasteiger partial charge in [-0.3, -0.25) is 4.79 Å². The van der Waals surface area contributed by atoms with Crippen LogP contribution in [0.4, 0.5) is 11.9 Å². The predicted molar refractivity (Wildman–Crippen MR) is 101 cm³/mol. The molecule has 0 atom stereocenters. The highest BCUT2D eigenvalue weighted by atomic mass is 16.5. The first-order chi connectivity index (χ1) is 13.4. The Hall–Kier alpha value is -3.56. The van der Waals surface area contributed by atoms with E-state index < -0.39 is 5.97 Å². The Morgan fingerprint density at radius 2 is 1.89 bits per heavy atom. The van der Waals surface area contributed by atoms with Crippen LogP contribution in [0.25, 0.3) is 11.5 Å². The average Bonchev–Trinajstić information content (AvgIpc) is 3.14. The predicted octanol–water partition coefficient (Wildman–Crippen LogP) is 1.55. The van der Waals surface area contributed by atoms with Crippen molar-refractivity contribution in [3.63, 3.8) is 0 Å². The van der Waals surface area contributed by atoms with E-state index in [1.54, 1.807) is 19.0 Å². The molecule has 0 radical (unpaired) electrons. The Bertz CT molecular complexity index is 954. The van der Waals surface area contributed by atoms with Crippen LogP contribution >= 0.6 is 0 Å². The Labute approximate surface area is 161 Å². The third-order valence-corrected chi connectivity index (χ3v) is 3.76. The summed E-state index contributed by atoms with van der Waals surface area (Å²) >= 11 is 0. The van der Waals surface area contributed by atoms with E-state index in [1.807, 2.05) is 31.2 Å². The van der Waals surface area contributed by atoms with Crippen molar-refractivity contribution in [1.29, 1.82) is 0 Å². The van der Waals surface area contributed by atoms with Crippen molar-refractivity contribution in [3.05, 3.63) is 41.5 Å². The number of rotatable bonds is 7. The molecule has 28 heavy (non-hydrogen) atoms. The molecule has 0 aliphatic rings. The molecule has 0 saturated carbocycles. The lowest BCUT2D eigenvalue weighted by Crippen LogP contribution is -2.17. The van der Waals surface area contributed by atoms with Gasteiger partial charge >= 0.3 is 5.97 Å². The number of hydrogen-bond donors (Lipinski definition) is 1. The maximum absolute atomic E-state index is 12.0. The number of nitrogens with two attached hydrogens (primary N) is 1. The number of benzene rings is 1. The van der Waals surface area contributed by atoms with E-state index in [9.17, 15) is 4.79 Å². The minimum Gasteiger partial charge on any atom is -0.457 e. The molecule has 10 nitrogen and oxygen atoms in total. The van der Waals surface area contributed by atoms with Gasteiger partial charge in [-0.15, -0.1) is 10.2 Å². The molecule has 0 aliphatic heterocycles. The highest BCUT2D eigenvalue weighted by Gasteiger charge is 2.13. The molecule has 0 bridgehead atoms. The molecule has 146 valence electrons. The Kier molecular flexibility index (Phi) is 5.78. The number of aromatic nitrogens is 5. The van der Waals surface area contributed by atoms with Crippen LogP contribution in [0, 0.1) is 6.92 Å². The second kappa shape index (κ2) is 8.42. The molecule has 0 fully saturated rings. The minimum absolute atomic E-state index is 0.0687. The fourth-order valence-electron chi connectivity index (χ4n) is 2.28. The quantitative estimate of drug-likeness (QED) is 0.599. The van der Waals surface area contributed by atoms with Gasteiger partial charge in [-0.25, -0.2) is 0 Å². The summed E-state index contributed by atoms with van der Waals surface area (Å²) in [5, 5.41) is 7.98. The van der Waals surface area contributed by atoms with Gasteiger partial charge in [0.2, 0.25) is 23.7 Å². The number of esters is 1. The summed E-state index contributed by atoms with van der Waals surface area (Å²) in [6.45, 7) is 1.91. The summed E-state index contributed by atoms with van der Waals surface area (Å²) in [5.74, 6) is 1.10. The van der Waals surface area contributed by atoms with Gasteiger partial charge in [-0.1, -0.05) is 17.7 Å². The third-order valence-electron chi connectivity index (χ3n) is 3.76. The number of carbonyl (C=O) groups excluding carboxylic acids is 1. The first-order valence-corrected chi connectivity index (χ1v) is 8.63. The molecule has 0 unspecified atom stereocenters. The highest BCUT2D eigenvalue weighted by molar-refractivity contribution is 5.69. The number of nitrogens with zero attached hydrogens (tertiary/aromatic N) is 6. The van der Waals surface area contributed by atoms with Crippen LogP contribution < -0.4 is 10.6 Å². The van der Waals surface area contributed by atoms with E-state index in [0.717, 1.165) is 11.1 Å². The van der Waals surface area contributed by atoms with Crippen molar-refractivity contribution in [3.8, 4) is 11.5 Å². The third kappa shape index (κ3) is 5.00. The second-order valence-corrected chi connectivity index (χ2v) is 6.33. The van der Waals surface area contributed by atoms with Crippen LogP contribution in [0.1, 0.15) is 23.7 Å². The number of nitrogen functional groups attached to an aromatic ring is 1. The lowest BCUT2D eigenvalue weighted by Gasteiger charge is -2.11. The molecule has 0 spiro atoms. The zero-order valence-corrected chi connectivity index (χ0v) is 15.9. The van der Waals surface area contributed by atoms with E-state index in [2.05, 4.69) is 25.1 Å². The maximum atomic E-state index is 12.0. The number of anilines is 2. The standard InChI is InChI=1S/C18H21N7O3/c1-11-4-6-12(7-5-11)16-24-23-14(28-16)8-9-15(26)27-10-13-20-17(19)22-18(21-13)25(2)3/h4-7H,8-10H2,1-3H3,(H2,19,20,21,22). The fourth-order valence-corrected chi connectivity index (χ4v) is 2.28. The number of ether oxygens (including phenoxy) is 1. The molecule has 0 saturated heterocycles. The van der Waals surface area contributed by atoms with Crippen LogP contribution in [0.2, 0.25) is 0 Å². The van der Waals surface area contributed by atoms with Gasteiger partial charge < -0.3 is 19.8 Å². The van der Waals surface area contributed by atoms with E-state index in [-0.39, 0.29) is 31.2 Å². The van der Waals surface area contributed by atoms with Crippen molar-refractivity contribution < 1.29 is 13.9 Å². The Balaban J connectivity index is 1.52. The van der Waals surface area contributed by atoms with Gasteiger partial charge in [0.25, 0.3) is 0 Å². The van der Waals surface area contributed by atoms with Gasteiger partial charge in [-0.2, -0.15) is 15.0 Å². The minimum atomic E-state index is -0.430. The summed E-state index contributed by atoms with van der Waals surface area (Å²) in [6, 6.07) is 7.74. The van der Waals surface area contributed by atoms with Gasteiger partial charge in [0, 0.05) is 26.1 Å². The van der Waals surface area contributed by atoms with E-state index in [0.29, 0.717) is 17.7 Å². The molecule has 3 rings (SSSR count). The summed E-state index contributed by atoms with van der Waals surface area (Å²) in [4.78, 5) is 25.8. The van der Waals surface area contributed by atoms with Crippen molar-refractivity contribution >= 4 is 17.9 Å². The zero-order chi connectivity index (χ0) is 20.1. The van der Waals surface area contributed by atoms with Gasteiger partial charge in [0.1, 0.15) is 0 Å². The number of hydrogen-bond acceptors (Lipinski definition) is 10. The fraction of sp³-hybridized carbons (Fsp3) is 0.333. The SMILES string of the molecule is Cc1ccc(-c2nnc(CCC(=O)OCc3nc(N)nc(N(C)C)n3)o2)cc1. The van der Waals surface area contributed by atoms with Crippen LogP contribution in [0.15, 0.2) is 28.7 Å². The lowest BCUT2D eigenvalue weighted by molar-refractivity contribution is -0.145. The van der Waals surface area contributed by atoms with E-state index in [1.165, 1.54) is 0 Å². The lowest BCUT2D eigenvalue weighted by atomic mass is 10.1. The van der Waals surface area contributed by atoms with Crippen LogP contribution in [-0.4, -0.2) is 45.2 Å². The normalized spacial score (nSPS) is 10.7. The molecule has 2 N–H and O–H groups in total. The van der Waals surface area contributed by atoms with E-state index >= 15 is 0 Å². The topological polar surface area (TPSA) is 133 Å². The van der Waals surface area contributed by atoms with Crippen LogP contribution in [-0.2, 0) is 22.6 Å². The van der Waals surface area contributed by atoms with Gasteiger partial charge in [0.05, 0.1) is 6.42 Å². The van der Waals surface area contributed by atoms with Crippen molar-refractivity contribution in [1.82, 2.24) is 25.1 Å². The molecule has 0 amide bonds. The molecule has 3 aromatic rings. The molecule has 1 aromatic carbocycles. The van der Waals surface area contributed by atoms with Crippen molar-refractivity contribution in [2.24, 2.45) is 0 Å². The smallest absolute Gasteiger partial charge is 0.306 e. The summed E-state index contributed by atoms with van der Waals surface area (Å²) < 4.78 is 10.8. The van der Waals surface area contributed by atoms with E-state index in [4.69, 9.17) is 14.9 Å². The first-order valence-electron chi connectivity index (χ1n) is 8.63. The molecule has 10 heteroatoms.